The summed E-state index contributed by atoms with van der Waals surface area (Å²) in [4.78, 5) is 14.4. The molecular weight excluding hydrogens is 324 g/mol. The van der Waals surface area contributed by atoms with Crippen LogP contribution in [0.3, 0.4) is 0 Å². The number of para-hydroxylation sites is 1. The standard InChI is InChI=1S/C22H28N2O2/c1-18-9-11-20(12-10-18)24-14-13-19(17-24)16-23-22(25)8-5-15-26-21-6-3-2-4-7-21/h2-4,6-7,9-12,19H,5,8,13-17H2,1H3,(H,23,25). The summed E-state index contributed by atoms with van der Waals surface area (Å²) >= 11 is 0. The first-order valence-electron chi connectivity index (χ1n) is 9.47. The van der Waals surface area contributed by atoms with Gasteiger partial charge in [-0.3, -0.25) is 4.79 Å². The van der Waals surface area contributed by atoms with Crippen molar-refractivity contribution in [1.29, 1.82) is 0 Å². The third-order valence-electron chi connectivity index (χ3n) is 4.83. The van der Waals surface area contributed by atoms with Crippen LogP contribution in [0.4, 0.5) is 5.69 Å². The molecule has 0 aliphatic carbocycles. The highest BCUT2D eigenvalue weighted by Gasteiger charge is 2.22. The number of aryl methyl sites for hydroxylation is 1. The average Bonchev–Trinajstić information content (AvgIpc) is 3.14. The van der Waals surface area contributed by atoms with Crippen LogP contribution in [0.2, 0.25) is 0 Å². The fourth-order valence-corrected chi connectivity index (χ4v) is 3.28. The molecule has 2 aromatic carbocycles. The minimum absolute atomic E-state index is 0.121. The first-order valence-corrected chi connectivity index (χ1v) is 9.47. The van der Waals surface area contributed by atoms with Crippen molar-refractivity contribution in [2.24, 2.45) is 5.92 Å². The number of ether oxygens (including phenoxy) is 1. The van der Waals surface area contributed by atoms with Crippen LogP contribution in [0.5, 0.6) is 5.75 Å². The van der Waals surface area contributed by atoms with Gasteiger partial charge < -0.3 is 15.0 Å². The highest BCUT2D eigenvalue weighted by atomic mass is 16.5. The van der Waals surface area contributed by atoms with Crippen LogP contribution in [0.25, 0.3) is 0 Å². The van der Waals surface area contributed by atoms with Gasteiger partial charge in [-0.05, 0) is 49.9 Å². The summed E-state index contributed by atoms with van der Waals surface area (Å²) in [5, 5.41) is 3.08. The zero-order valence-corrected chi connectivity index (χ0v) is 15.5. The van der Waals surface area contributed by atoms with Gasteiger partial charge in [0.25, 0.3) is 0 Å². The van der Waals surface area contributed by atoms with Crippen LogP contribution in [0.15, 0.2) is 54.6 Å². The number of benzene rings is 2. The van der Waals surface area contributed by atoms with E-state index in [1.165, 1.54) is 11.3 Å². The lowest BCUT2D eigenvalue weighted by Gasteiger charge is -2.19. The Morgan fingerprint density at radius 2 is 1.92 bits per heavy atom. The number of rotatable bonds is 8. The molecule has 1 aliphatic rings. The van der Waals surface area contributed by atoms with E-state index in [0.29, 0.717) is 18.9 Å². The fraction of sp³-hybridized carbons (Fsp3) is 0.409. The second kappa shape index (κ2) is 9.27. The molecule has 1 heterocycles. The summed E-state index contributed by atoms with van der Waals surface area (Å²) < 4.78 is 5.62. The van der Waals surface area contributed by atoms with Crippen molar-refractivity contribution in [1.82, 2.24) is 5.32 Å². The Kier molecular flexibility index (Phi) is 6.53. The molecule has 1 aliphatic heterocycles. The smallest absolute Gasteiger partial charge is 0.220 e. The normalized spacial score (nSPS) is 16.5. The molecule has 26 heavy (non-hydrogen) atoms. The fourth-order valence-electron chi connectivity index (χ4n) is 3.28. The molecule has 1 N–H and O–H groups in total. The van der Waals surface area contributed by atoms with E-state index in [1.54, 1.807) is 0 Å². The number of hydrogen-bond acceptors (Lipinski definition) is 3. The lowest BCUT2D eigenvalue weighted by atomic mass is 10.1. The molecule has 1 saturated heterocycles. The van der Waals surface area contributed by atoms with E-state index in [1.807, 2.05) is 30.3 Å². The average molecular weight is 352 g/mol. The zero-order chi connectivity index (χ0) is 18.2. The number of hydrogen-bond donors (Lipinski definition) is 1. The van der Waals surface area contributed by atoms with Gasteiger partial charge in [0.05, 0.1) is 6.61 Å². The third kappa shape index (κ3) is 5.51. The molecule has 0 aromatic heterocycles. The molecule has 3 rings (SSSR count). The highest BCUT2D eigenvalue weighted by molar-refractivity contribution is 5.75. The molecule has 4 nitrogen and oxygen atoms in total. The van der Waals surface area contributed by atoms with E-state index in [-0.39, 0.29) is 5.91 Å². The summed E-state index contributed by atoms with van der Waals surface area (Å²) in [6.45, 7) is 5.52. The van der Waals surface area contributed by atoms with Crippen molar-refractivity contribution in [2.45, 2.75) is 26.2 Å². The summed E-state index contributed by atoms with van der Waals surface area (Å²) in [6, 6.07) is 18.4. The van der Waals surface area contributed by atoms with Gasteiger partial charge in [-0.2, -0.15) is 0 Å². The molecule has 2 aromatic rings. The van der Waals surface area contributed by atoms with Crippen LogP contribution < -0.4 is 15.0 Å². The molecule has 1 amide bonds. The van der Waals surface area contributed by atoms with Gasteiger partial charge in [-0.1, -0.05) is 35.9 Å². The van der Waals surface area contributed by atoms with Gasteiger partial charge in [0.15, 0.2) is 0 Å². The second-order valence-electron chi connectivity index (χ2n) is 7.01. The molecular formula is C22H28N2O2. The monoisotopic (exact) mass is 352 g/mol. The largest absolute Gasteiger partial charge is 0.494 e. The Morgan fingerprint density at radius 1 is 1.15 bits per heavy atom. The van der Waals surface area contributed by atoms with E-state index in [4.69, 9.17) is 4.74 Å². The highest BCUT2D eigenvalue weighted by Crippen LogP contribution is 2.23. The lowest BCUT2D eigenvalue weighted by molar-refractivity contribution is -0.121. The molecule has 4 heteroatoms. The minimum Gasteiger partial charge on any atom is -0.494 e. The van der Waals surface area contributed by atoms with E-state index in [9.17, 15) is 4.79 Å². The topological polar surface area (TPSA) is 41.6 Å². The molecule has 0 radical (unpaired) electrons. The van der Waals surface area contributed by atoms with Crippen molar-refractivity contribution in [3.8, 4) is 5.75 Å². The van der Waals surface area contributed by atoms with Gasteiger partial charge in [0.2, 0.25) is 5.91 Å². The van der Waals surface area contributed by atoms with E-state index >= 15 is 0 Å². The van der Waals surface area contributed by atoms with Gasteiger partial charge in [-0.25, -0.2) is 0 Å². The first-order chi connectivity index (χ1) is 12.7. The maximum absolute atomic E-state index is 12.0. The number of carbonyl (C=O) groups excluding carboxylic acids is 1. The Hall–Kier alpha value is -2.49. The summed E-state index contributed by atoms with van der Waals surface area (Å²) in [5.41, 5.74) is 2.57. The quantitative estimate of drug-likeness (QED) is 0.735. The Morgan fingerprint density at radius 3 is 2.69 bits per heavy atom. The van der Waals surface area contributed by atoms with Crippen molar-refractivity contribution in [3.63, 3.8) is 0 Å². The number of amides is 1. The maximum atomic E-state index is 12.0. The lowest BCUT2D eigenvalue weighted by Crippen LogP contribution is -2.31. The van der Waals surface area contributed by atoms with E-state index < -0.39 is 0 Å². The van der Waals surface area contributed by atoms with E-state index in [2.05, 4.69) is 41.4 Å². The predicted molar refractivity (Wildman–Crippen MR) is 106 cm³/mol. The van der Waals surface area contributed by atoms with Crippen LogP contribution in [-0.4, -0.2) is 32.1 Å². The molecule has 0 bridgehead atoms. The van der Waals surface area contributed by atoms with E-state index in [0.717, 1.165) is 38.2 Å². The predicted octanol–water partition coefficient (Wildman–Crippen LogP) is 3.80. The summed E-state index contributed by atoms with van der Waals surface area (Å²) in [5.74, 6) is 1.51. The van der Waals surface area contributed by atoms with Crippen LogP contribution in [0, 0.1) is 12.8 Å². The molecule has 1 fully saturated rings. The first kappa shape index (κ1) is 18.3. The molecule has 0 saturated carbocycles. The minimum atomic E-state index is 0.121. The molecule has 1 atom stereocenters. The van der Waals surface area contributed by atoms with Crippen LogP contribution >= 0.6 is 0 Å². The molecule has 0 spiro atoms. The van der Waals surface area contributed by atoms with Crippen molar-refractivity contribution >= 4 is 11.6 Å². The zero-order valence-electron chi connectivity index (χ0n) is 15.5. The van der Waals surface area contributed by atoms with Gasteiger partial charge in [0.1, 0.15) is 5.75 Å². The summed E-state index contributed by atoms with van der Waals surface area (Å²) in [6.07, 6.45) is 2.38. The number of carbonyl (C=O) groups is 1. The van der Waals surface area contributed by atoms with Crippen molar-refractivity contribution < 1.29 is 9.53 Å². The molecule has 1 unspecified atom stereocenters. The van der Waals surface area contributed by atoms with Crippen molar-refractivity contribution in [3.05, 3.63) is 60.2 Å². The Labute approximate surface area is 156 Å². The molecule has 138 valence electrons. The number of nitrogens with one attached hydrogen (secondary N) is 1. The SMILES string of the molecule is Cc1ccc(N2CCC(CNC(=O)CCCOc3ccccc3)C2)cc1. The van der Waals surface area contributed by atoms with Gasteiger partial charge in [-0.15, -0.1) is 0 Å². The number of nitrogens with zero attached hydrogens (tertiary/aromatic N) is 1. The Balaban J connectivity index is 1.30. The van der Waals surface area contributed by atoms with Crippen molar-refractivity contribution in [2.75, 3.05) is 31.1 Å². The number of anilines is 1. The van der Waals surface area contributed by atoms with Gasteiger partial charge in [0, 0.05) is 31.7 Å². The van der Waals surface area contributed by atoms with Crippen LogP contribution in [-0.2, 0) is 4.79 Å². The Bertz CT molecular complexity index is 685. The van der Waals surface area contributed by atoms with Crippen LogP contribution in [0.1, 0.15) is 24.8 Å². The second-order valence-corrected chi connectivity index (χ2v) is 7.01. The maximum Gasteiger partial charge on any atom is 0.220 e. The summed E-state index contributed by atoms with van der Waals surface area (Å²) in [7, 11) is 0. The van der Waals surface area contributed by atoms with Gasteiger partial charge >= 0.3 is 0 Å². The third-order valence-corrected chi connectivity index (χ3v) is 4.83.